The fraction of sp³-hybridized carbons (Fsp3) is 0.506. The summed E-state index contributed by atoms with van der Waals surface area (Å²) in [7, 11) is 0. The summed E-state index contributed by atoms with van der Waals surface area (Å²) < 4.78 is 0. The van der Waals surface area contributed by atoms with E-state index in [2.05, 4.69) is 135 Å². The summed E-state index contributed by atoms with van der Waals surface area (Å²) in [5.74, 6) is 4.09. The molecule has 0 aliphatic heterocycles. The summed E-state index contributed by atoms with van der Waals surface area (Å²) in [6.07, 6.45) is 36.0. The molecule has 8 nitrogen and oxygen atoms in total. The maximum Gasteiger partial charge on any atom is 2.00 e. The van der Waals surface area contributed by atoms with E-state index in [0.29, 0.717) is 58.9 Å². The van der Waals surface area contributed by atoms with E-state index in [1.54, 1.807) is 24.5 Å². The van der Waals surface area contributed by atoms with Crippen molar-refractivity contribution < 1.29 is 190 Å². The molecular weight excluding hydrogens is 2840 g/mol. The third-order valence-corrected chi connectivity index (χ3v) is 7.51. The van der Waals surface area contributed by atoms with Gasteiger partial charge in [0.2, 0.25) is 0 Å². The van der Waals surface area contributed by atoms with Gasteiger partial charge in [0.15, 0.2) is 0 Å². The Labute approximate surface area is 792 Å². The van der Waals surface area contributed by atoms with Crippen molar-refractivity contribution >= 4 is 61.6 Å². The normalized spacial score (nSPS) is 8.46. The first-order valence-corrected chi connectivity index (χ1v) is 35.2. The Kier molecular flexibility index (Phi) is 255. The number of para-hydroxylation sites is 1. The molecule has 0 spiro atoms. The monoisotopic (exact) mass is 2980 g/mol. The van der Waals surface area contributed by atoms with E-state index in [-0.39, 0.29) is 196 Å². The Morgan fingerprint density at radius 2 is 0.802 bits per heavy atom. The fourth-order valence-electron chi connectivity index (χ4n) is 3.53. The maximum absolute atomic E-state index is 5.35. The SMILES string of the molecule is CC.CC.CC.CC.CC.CC.CC.CC.CC.CC(C)[C-]=Cc1[c-]cccc1.CC(C)[C-]=Nc1[c-]cccc1.CC(C)[C-]=Nc1[c-]cccn1.CC(C)[C-]=Nc1[c-]nccc1.[CH-]=CC(=[CH-])C(C)C.[CH-]=CC=[C-]C(C)C.[CH-]=CN=[C-]C(C)C.[CH-]=NC(=[CH-])C(C)C.[CH-]=NC=[C-]C(C)C.[W+2].[W+2].[W+2].[W+2].[W+2].[W+2].[W+2].[W+2].[W+2]. The fourth-order valence-corrected chi connectivity index (χ4v) is 3.53. The van der Waals surface area contributed by atoms with Gasteiger partial charge in [-0.2, -0.15) is 98.6 Å². The predicted octanol–water partition coefficient (Wildman–Crippen LogP) is 27.7. The molecule has 0 aliphatic rings. The van der Waals surface area contributed by atoms with E-state index in [1.165, 1.54) is 24.6 Å². The van der Waals surface area contributed by atoms with Gasteiger partial charge in [0.05, 0.1) is 0 Å². The van der Waals surface area contributed by atoms with Crippen molar-refractivity contribution in [3.05, 3.63) is 208 Å². The third kappa shape index (κ3) is 190. The van der Waals surface area contributed by atoms with Crippen LogP contribution in [0, 0.1) is 129 Å². The zero-order valence-corrected chi connectivity index (χ0v) is 98.9. The number of pyridine rings is 2. The summed E-state index contributed by atoms with van der Waals surface area (Å²) in [4.78, 5) is 30.0. The van der Waals surface area contributed by atoms with Gasteiger partial charge in [0.1, 0.15) is 0 Å². The van der Waals surface area contributed by atoms with Crippen LogP contribution in [0.5, 0.6) is 0 Å². The van der Waals surface area contributed by atoms with Gasteiger partial charge in [-0.3, -0.25) is 6.07 Å². The number of allylic oxidation sites excluding steroid dienone is 8. The second-order valence-corrected chi connectivity index (χ2v) is 18.8. The molecule has 4 rings (SSSR count). The van der Waals surface area contributed by atoms with E-state index in [0.717, 1.165) is 22.5 Å². The average Bonchev–Trinajstić information content (AvgIpc) is 0.985. The molecule has 0 atom stereocenters. The van der Waals surface area contributed by atoms with Crippen LogP contribution in [0.4, 0.5) is 17.2 Å². The number of nitrogens with zero attached hydrogens (tertiary/aromatic N) is 8. The van der Waals surface area contributed by atoms with Crippen molar-refractivity contribution in [3.8, 4) is 0 Å². The van der Waals surface area contributed by atoms with Crippen molar-refractivity contribution in [2.45, 2.75) is 249 Å². The minimum Gasteiger partial charge on any atom is -0.601 e. The van der Waals surface area contributed by atoms with Crippen LogP contribution < -0.4 is 0 Å². The minimum absolute atomic E-state index is 0. The van der Waals surface area contributed by atoms with E-state index < -0.39 is 0 Å². The molecule has 0 radical (unpaired) electrons. The molecule has 106 heavy (non-hydrogen) atoms. The van der Waals surface area contributed by atoms with Crippen molar-refractivity contribution in [1.82, 2.24) is 9.97 Å². The first-order chi connectivity index (χ1) is 46.3. The Hall–Kier alpha value is -1.13. The van der Waals surface area contributed by atoms with Gasteiger partial charge in [-0.05, 0) is 0 Å². The standard InChI is InChI=1S/C11H12.C10H11N.2C9H10N2.2C7H10.3C6H9N.9C2H6.9W/c1-10(2)8-9-11-6-4-3-5-7-11;1-9(2)8-11-10-6-4-3-5-7-10;1-8(2)6-11-9-4-3-5-10-7-9;1-8(2)7-11-9-5-3-4-6-10-9;1-5-7(4)6(2)3;1-4-5-6-7(2)3;1-6(2)4-5-7-3;1-5(2)6(3)7-4;1-4-7-5-6(2)3;9*1-2;;;;;;;;;/h3-6,9-10H,1-2H3;3-6,9H,1-2H3;3-5,8H,1-2H3;3-4,6,8H,1-2H3;1,4-6H,2-3H3;1,4-5,7H,2-3H3;3,5-6H,1-2H3;3-5H,1-2H3;1,4,6H,2-3H3;9*1-2H3;;;;;;;;;/q9*-2;;;;;;;;;;9*+2. The predicted molar refractivity (Wildman–Crippen MR) is 444 cm³/mol. The molecule has 4 aromatic rings. The van der Waals surface area contributed by atoms with Crippen molar-refractivity contribution in [2.75, 3.05) is 0 Å². The molecule has 17 heteroatoms. The first kappa shape index (κ1) is 169. The summed E-state index contributed by atoms with van der Waals surface area (Å²) in [5, 5.41) is 0. The Bertz CT molecular complexity index is 2030. The smallest absolute Gasteiger partial charge is 0.601 e. The third-order valence-electron chi connectivity index (χ3n) is 7.51. The molecule has 2 aromatic heterocycles. The van der Waals surface area contributed by atoms with E-state index in [1.807, 2.05) is 294 Å². The number of benzene rings is 2. The maximum atomic E-state index is 5.35. The number of hydrogen-bond acceptors (Lipinski definition) is 8. The summed E-state index contributed by atoms with van der Waals surface area (Å²) in [6.45, 7) is 108. The van der Waals surface area contributed by atoms with Gasteiger partial charge in [-0.25, -0.2) is 36.0 Å². The first-order valence-electron chi connectivity index (χ1n) is 35.2. The van der Waals surface area contributed by atoms with Crippen LogP contribution in [-0.2, 0) is 190 Å². The summed E-state index contributed by atoms with van der Waals surface area (Å²) >= 11 is 0. The Morgan fingerprint density at radius 1 is 0.415 bits per heavy atom. The zero-order chi connectivity index (χ0) is 79.2. The molecule has 2 heterocycles. The Balaban J connectivity index is -0.0000000337. The van der Waals surface area contributed by atoms with Gasteiger partial charge < -0.3 is 151 Å². The molecular formula is C89H144N8W9. The van der Waals surface area contributed by atoms with Crippen LogP contribution in [0.1, 0.15) is 255 Å². The van der Waals surface area contributed by atoms with Crippen LogP contribution in [-0.4, -0.2) is 48.3 Å². The van der Waals surface area contributed by atoms with Gasteiger partial charge in [0, 0.05) is 0 Å². The molecule has 0 fully saturated rings. The van der Waals surface area contributed by atoms with Crippen LogP contribution in [0.15, 0.2) is 157 Å². The number of rotatable bonds is 18. The van der Waals surface area contributed by atoms with E-state index in [4.69, 9.17) is 46.3 Å². The quantitative estimate of drug-likeness (QED) is 0.0563. The Morgan fingerprint density at radius 3 is 1.04 bits per heavy atom. The van der Waals surface area contributed by atoms with Gasteiger partial charge in [-0.1, -0.05) is 285 Å². The number of aliphatic imine (C=N–C) groups is 6. The van der Waals surface area contributed by atoms with E-state index >= 15 is 0 Å². The van der Waals surface area contributed by atoms with Crippen molar-refractivity contribution in [1.29, 1.82) is 0 Å². The molecule has 0 N–H and O–H groups in total. The molecule has 0 unspecified atom stereocenters. The molecule has 0 saturated heterocycles. The van der Waals surface area contributed by atoms with Gasteiger partial charge in [0.25, 0.3) is 0 Å². The molecule has 0 saturated carbocycles. The second-order valence-electron chi connectivity index (χ2n) is 18.8. The zero-order valence-electron chi connectivity index (χ0n) is 72.5. The number of hydrogen-bond donors (Lipinski definition) is 0. The number of aromatic nitrogens is 2. The van der Waals surface area contributed by atoms with Crippen LogP contribution in [0.3, 0.4) is 0 Å². The molecule has 594 valence electrons. The minimum atomic E-state index is 0. The van der Waals surface area contributed by atoms with Crippen LogP contribution in [0.2, 0.25) is 0 Å². The van der Waals surface area contributed by atoms with Crippen molar-refractivity contribution in [3.63, 3.8) is 0 Å². The van der Waals surface area contributed by atoms with Crippen molar-refractivity contribution in [2.24, 2.45) is 83.2 Å². The van der Waals surface area contributed by atoms with Crippen LogP contribution in [0.25, 0.3) is 6.08 Å². The average molecular weight is 2980 g/mol. The topological polar surface area (TPSA) is 99.9 Å². The summed E-state index contributed by atoms with van der Waals surface area (Å²) in [6, 6.07) is 31.8. The summed E-state index contributed by atoms with van der Waals surface area (Å²) in [5.41, 5.74) is 3.93. The van der Waals surface area contributed by atoms with Gasteiger partial charge in [-0.15, -0.1) is 35.6 Å². The molecule has 0 bridgehead atoms. The van der Waals surface area contributed by atoms with Gasteiger partial charge >= 0.3 is 190 Å². The van der Waals surface area contributed by atoms with Crippen LogP contribution >= 0.6 is 0 Å². The largest absolute Gasteiger partial charge is 2.00 e. The van der Waals surface area contributed by atoms with E-state index in [9.17, 15) is 0 Å². The molecule has 0 amide bonds. The molecule has 2 aromatic carbocycles. The molecule has 0 aliphatic carbocycles. The second kappa shape index (κ2) is 160.